The number of sulfonamides is 1. The van der Waals surface area contributed by atoms with Crippen LogP contribution in [-0.4, -0.2) is 34.6 Å². The zero-order valence-electron chi connectivity index (χ0n) is 11.2. The van der Waals surface area contributed by atoms with E-state index in [2.05, 4.69) is 5.32 Å². The summed E-state index contributed by atoms with van der Waals surface area (Å²) in [6.07, 6.45) is 0. The molecule has 1 atom stereocenters. The summed E-state index contributed by atoms with van der Waals surface area (Å²) in [5, 5.41) is 7.45. The molecule has 0 fully saturated rings. The molecule has 6 nitrogen and oxygen atoms in total. The lowest BCUT2D eigenvalue weighted by Gasteiger charge is -2.12. The molecule has 8 heteroatoms. The van der Waals surface area contributed by atoms with Crippen molar-refractivity contribution in [3.63, 3.8) is 0 Å². The molecule has 0 aromatic heterocycles. The first-order valence-electron chi connectivity index (χ1n) is 5.85. The summed E-state index contributed by atoms with van der Waals surface area (Å²) in [5.74, 6) is -1.46. The van der Waals surface area contributed by atoms with Crippen LogP contribution >= 0.6 is 0 Å². The van der Waals surface area contributed by atoms with E-state index in [1.54, 1.807) is 0 Å². The molecule has 0 aliphatic carbocycles. The second-order valence-electron chi connectivity index (χ2n) is 4.46. The highest BCUT2D eigenvalue weighted by atomic mass is 32.2. The molecule has 0 aliphatic rings. The summed E-state index contributed by atoms with van der Waals surface area (Å²) in [6.45, 7) is 2.58. The van der Waals surface area contributed by atoms with E-state index in [9.17, 15) is 17.6 Å². The van der Waals surface area contributed by atoms with Gasteiger partial charge < -0.3 is 10.1 Å². The Morgan fingerprint density at radius 2 is 2.15 bits per heavy atom. The lowest BCUT2D eigenvalue weighted by Crippen LogP contribution is -2.30. The molecule has 0 aliphatic heterocycles. The lowest BCUT2D eigenvalue weighted by atomic mass is 10.1. The number of halogens is 1. The molecule has 20 heavy (non-hydrogen) atoms. The lowest BCUT2D eigenvalue weighted by molar-refractivity contribution is 0.0930. The van der Waals surface area contributed by atoms with Crippen LogP contribution in [0.3, 0.4) is 0 Å². The highest BCUT2D eigenvalue weighted by Crippen LogP contribution is 2.14. The molecule has 0 spiro atoms. The van der Waals surface area contributed by atoms with Gasteiger partial charge in [0.15, 0.2) is 0 Å². The van der Waals surface area contributed by atoms with Crippen molar-refractivity contribution in [2.75, 3.05) is 20.3 Å². The first kappa shape index (κ1) is 16.5. The second-order valence-corrected chi connectivity index (χ2v) is 6.02. The third-order valence-corrected chi connectivity index (χ3v) is 3.48. The van der Waals surface area contributed by atoms with E-state index in [0.717, 1.165) is 18.2 Å². The maximum absolute atomic E-state index is 13.6. The van der Waals surface area contributed by atoms with Gasteiger partial charge in [-0.05, 0) is 24.1 Å². The maximum Gasteiger partial charge on any atom is 0.254 e. The Hall–Kier alpha value is -1.51. The zero-order chi connectivity index (χ0) is 15.3. The number of methoxy groups -OCH3 is 1. The highest BCUT2D eigenvalue weighted by Gasteiger charge is 2.17. The van der Waals surface area contributed by atoms with Crippen molar-refractivity contribution in [1.82, 2.24) is 5.32 Å². The quantitative estimate of drug-likeness (QED) is 0.799. The number of carbonyl (C=O) groups is 1. The number of primary sulfonamides is 1. The molecule has 0 bridgehead atoms. The molecule has 3 N–H and O–H groups in total. The summed E-state index contributed by atoms with van der Waals surface area (Å²) in [7, 11) is -2.45. The van der Waals surface area contributed by atoms with E-state index >= 15 is 0 Å². The highest BCUT2D eigenvalue weighted by molar-refractivity contribution is 7.89. The van der Waals surface area contributed by atoms with Gasteiger partial charge in [-0.1, -0.05) is 6.92 Å². The Morgan fingerprint density at radius 1 is 1.50 bits per heavy atom. The van der Waals surface area contributed by atoms with Gasteiger partial charge >= 0.3 is 0 Å². The van der Waals surface area contributed by atoms with E-state index in [1.165, 1.54) is 7.11 Å². The Labute approximate surface area is 117 Å². The van der Waals surface area contributed by atoms with Gasteiger partial charge in [0.25, 0.3) is 5.91 Å². The van der Waals surface area contributed by atoms with Crippen molar-refractivity contribution in [2.45, 2.75) is 11.8 Å². The number of hydrogen-bond donors (Lipinski definition) is 2. The van der Waals surface area contributed by atoms with E-state index in [0.29, 0.717) is 6.61 Å². The Kier molecular flexibility index (Phi) is 5.61. The molecular weight excluding hydrogens is 287 g/mol. The summed E-state index contributed by atoms with van der Waals surface area (Å²) in [6, 6.07) is 2.82. The molecule has 0 saturated heterocycles. The number of hydrogen-bond acceptors (Lipinski definition) is 4. The number of ether oxygens (including phenoxy) is 1. The van der Waals surface area contributed by atoms with Crippen molar-refractivity contribution in [2.24, 2.45) is 11.1 Å². The van der Waals surface area contributed by atoms with Crippen molar-refractivity contribution < 1.29 is 22.3 Å². The number of nitrogens with one attached hydrogen (secondary N) is 1. The molecule has 1 aromatic rings. The third-order valence-electron chi connectivity index (χ3n) is 2.57. The molecule has 1 aromatic carbocycles. The Morgan fingerprint density at radius 3 is 2.70 bits per heavy atom. The fourth-order valence-electron chi connectivity index (χ4n) is 1.56. The second kappa shape index (κ2) is 6.78. The minimum atomic E-state index is -3.98. The van der Waals surface area contributed by atoms with Gasteiger partial charge in [0, 0.05) is 13.7 Å². The van der Waals surface area contributed by atoms with Gasteiger partial charge in [0.1, 0.15) is 5.82 Å². The minimum Gasteiger partial charge on any atom is -0.384 e. The number of amides is 1. The van der Waals surface area contributed by atoms with Gasteiger partial charge in [0.2, 0.25) is 10.0 Å². The number of carbonyl (C=O) groups excluding carboxylic acids is 1. The van der Waals surface area contributed by atoms with Gasteiger partial charge in [-0.2, -0.15) is 0 Å². The van der Waals surface area contributed by atoms with Crippen LogP contribution in [0.4, 0.5) is 4.39 Å². The van der Waals surface area contributed by atoms with Gasteiger partial charge in [-0.25, -0.2) is 17.9 Å². The predicted octanol–water partition coefficient (Wildman–Crippen LogP) is 0.485. The van der Waals surface area contributed by atoms with Crippen molar-refractivity contribution >= 4 is 15.9 Å². The van der Waals surface area contributed by atoms with Gasteiger partial charge in [-0.3, -0.25) is 4.79 Å². The summed E-state index contributed by atoms with van der Waals surface area (Å²) in [5.41, 5.74) is -0.360. The Balaban J connectivity index is 2.87. The van der Waals surface area contributed by atoms with Crippen LogP contribution in [-0.2, 0) is 14.8 Å². The SMILES string of the molecule is COCC(C)CNC(=O)c1cc(S(N)(=O)=O)ccc1F. The molecule has 112 valence electrons. The number of rotatable bonds is 6. The largest absolute Gasteiger partial charge is 0.384 e. The molecule has 1 amide bonds. The first-order valence-corrected chi connectivity index (χ1v) is 7.39. The summed E-state index contributed by atoms with van der Waals surface area (Å²) >= 11 is 0. The maximum atomic E-state index is 13.6. The fourth-order valence-corrected chi connectivity index (χ4v) is 2.10. The minimum absolute atomic E-state index is 0.0495. The van der Waals surface area contributed by atoms with Crippen LogP contribution in [0.1, 0.15) is 17.3 Å². The molecule has 0 saturated carbocycles. The van der Waals surface area contributed by atoms with Crippen molar-refractivity contribution in [1.29, 1.82) is 0 Å². The fraction of sp³-hybridized carbons (Fsp3) is 0.417. The van der Waals surface area contributed by atoms with Crippen LogP contribution < -0.4 is 10.5 Å². The molecule has 0 radical (unpaired) electrons. The topological polar surface area (TPSA) is 98.5 Å². The smallest absolute Gasteiger partial charge is 0.254 e. The predicted molar refractivity (Wildman–Crippen MR) is 71.1 cm³/mol. The van der Waals surface area contributed by atoms with E-state index in [4.69, 9.17) is 9.88 Å². The summed E-state index contributed by atoms with van der Waals surface area (Å²) in [4.78, 5) is 11.5. The summed E-state index contributed by atoms with van der Waals surface area (Å²) < 4.78 is 40.8. The number of nitrogens with two attached hydrogens (primary N) is 1. The normalized spacial score (nSPS) is 13.0. The van der Waals surface area contributed by atoms with Gasteiger partial charge in [-0.15, -0.1) is 0 Å². The molecule has 0 heterocycles. The third kappa shape index (κ3) is 4.55. The number of benzene rings is 1. The molecule has 1 unspecified atom stereocenters. The van der Waals surface area contributed by atoms with Crippen molar-refractivity contribution in [3.8, 4) is 0 Å². The van der Waals surface area contributed by atoms with E-state index in [-0.39, 0.29) is 22.9 Å². The monoisotopic (exact) mass is 304 g/mol. The zero-order valence-corrected chi connectivity index (χ0v) is 12.0. The van der Waals surface area contributed by atoms with E-state index in [1.807, 2.05) is 6.92 Å². The van der Waals surface area contributed by atoms with Crippen LogP contribution in [0.25, 0.3) is 0 Å². The molecule has 1 rings (SSSR count). The Bertz CT molecular complexity index is 589. The van der Waals surface area contributed by atoms with Crippen LogP contribution in [0, 0.1) is 11.7 Å². The van der Waals surface area contributed by atoms with Crippen LogP contribution in [0.5, 0.6) is 0 Å². The average molecular weight is 304 g/mol. The van der Waals surface area contributed by atoms with Crippen LogP contribution in [0.2, 0.25) is 0 Å². The van der Waals surface area contributed by atoms with Crippen LogP contribution in [0.15, 0.2) is 23.1 Å². The first-order chi connectivity index (χ1) is 9.25. The average Bonchev–Trinajstić information content (AvgIpc) is 2.35. The standard InChI is InChI=1S/C12H17FN2O4S/c1-8(7-19-2)6-15-12(16)10-5-9(20(14,17)18)3-4-11(10)13/h3-5,8H,6-7H2,1-2H3,(H,15,16)(H2,14,17,18). The van der Waals surface area contributed by atoms with Crippen molar-refractivity contribution in [3.05, 3.63) is 29.6 Å². The van der Waals surface area contributed by atoms with E-state index < -0.39 is 21.7 Å². The molecular formula is C12H17FN2O4S. The van der Waals surface area contributed by atoms with Gasteiger partial charge in [0.05, 0.1) is 17.1 Å².